The molecule has 6 heteroatoms. The molecule has 2 unspecified atom stereocenters. The van der Waals surface area contributed by atoms with E-state index in [0.29, 0.717) is 13.0 Å². The van der Waals surface area contributed by atoms with Crippen LogP contribution in [0, 0.1) is 28.1 Å². The topological polar surface area (TPSA) is 81.7 Å². The number of ether oxygens (including phenoxy) is 2. The summed E-state index contributed by atoms with van der Waals surface area (Å²) in [6.07, 6.45) is 1.42. The second-order valence-electron chi connectivity index (χ2n) is 13.0. The fraction of sp³-hybridized carbons (Fsp3) is 0.889. The van der Waals surface area contributed by atoms with Crippen LogP contribution in [0.5, 0.6) is 0 Å². The summed E-state index contributed by atoms with van der Waals surface area (Å²) in [5, 5.41) is 2.80. The fourth-order valence-corrected chi connectivity index (χ4v) is 3.49. The highest BCUT2D eigenvalue weighted by Gasteiger charge is 2.38. The van der Waals surface area contributed by atoms with Crippen molar-refractivity contribution in [2.24, 2.45) is 28.1 Å². The molecule has 0 aromatic carbocycles. The Balaban J connectivity index is 4.33. The largest absolute Gasteiger partial charge is 0.463 e. The van der Waals surface area contributed by atoms with Crippen LogP contribution in [0.4, 0.5) is 0 Å². The third-order valence-corrected chi connectivity index (χ3v) is 6.67. The molecule has 33 heavy (non-hydrogen) atoms. The summed E-state index contributed by atoms with van der Waals surface area (Å²) in [6, 6.07) is 0. The van der Waals surface area contributed by atoms with Crippen molar-refractivity contribution in [2.45, 2.75) is 108 Å². The molecule has 0 aliphatic heterocycles. The molecule has 0 fully saturated rings. The van der Waals surface area contributed by atoms with E-state index in [1.54, 1.807) is 20.8 Å². The minimum Gasteiger partial charge on any atom is -0.463 e. The Morgan fingerprint density at radius 2 is 1.42 bits per heavy atom. The Labute approximate surface area is 202 Å². The van der Waals surface area contributed by atoms with Crippen molar-refractivity contribution in [3.05, 3.63) is 0 Å². The van der Waals surface area contributed by atoms with E-state index in [1.165, 1.54) is 0 Å². The summed E-state index contributed by atoms with van der Waals surface area (Å²) in [5.74, 6) is -0.719. The number of hydrogen-bond acceptors (Lipinski definition) is 5. The van der Waals surface area contributed by atoms with Gasteiger partial charge in [0.25, 0.3) is 0 Å². The summed E-state index contributed by atoms with van der Waals surface area (Å²) in [4.78, 5) is 36.0. The number of Topliss-reactive ketones (excluding diaryl/α,β-unsaturated/α-hetero) is 1. The van der Waals surface area contributed by atoms with Crippen molar-refractivity contribution in [3.63, 3.8) is 0 Å². The van der Waals surface area contributed by atoms with E-state index in [2.05, 4.69) is 60.7 Å². The number of carbonyl (C=O) groups is 3. The molecule has 0 spiro atoms. The average Bonchev–Trinajstić information content (AvgIpc) is 2.60. The summed E-state index contributed by atoms with van der Waals surface area (Å²) in [6.45, 7) is 25.8. The standard InChI is InChI=1S/C27H51NO5/c1-19(17-33-27(11,12)18-26(9,10)25(6,7)8)15-20(2)23(31)28-13-14-32-22(30)16-21(29)24(3,4)5/h19-20H,13-18H2,1-12H3,(H,28,31). The lowest BCUT2D eigenvalue weighted by molar-refractivity contribution is -0.148. The highest BCUT2D eigenvalue weighted by molar-refractivity contribution is 5.98. The van der Waals surface area contributed by atoms with Crippen molar-refractivity contribution in [3.8, 4) is 0 Å². The zero-order chi connectivity index (χ0) is 26.3. The second-order valence-corrected chi connectivity index (χ2v) is 13.0. The van der Waals surface area contributed by atoms with Gasteiger partial charge >= 0.3 is 5.97 Å². The molecule has 0 saturated carbocycles. The Bertz CT molecular complexity index is 652. The van der Waals surface area contributed by atoms with Gasteiger partial charge in [0.2, 0.25) is 5.91 Å². The van der Waals surface area contributed by atoms with E-state index >= 15 is 0 Å². The number of amides is 1. The van der Waals surface area contributed by atoms with Crippen molar-refractivity contribution in [1.82, 2.24) is 5.32 Å². The first-order valence-corrected chi connectivity index (χ1v) is 12.3. The number of esters is 1. The molecule has 6 nitrogen and oxygen atoms in total. The van der Waals surface area contributed by atoms with Gasteiger partial charge in [0.05, 0.1) is 12.1 Å². The predicted molar refractivity (Wildman–Crippen MR) is 134 cm³/mol. The maximum atomic E-state index is 12.4. The monoisotopic (exact) mass is 469 g/mol. The van der Waals surface area contributed by atoms with Crippen LogP contribution < -0.4 is 5.32 Å². The van der Waals surface area contributed by atoms with Crippen LogP contribution in [0.1, 0.15) is 102 Å². The molecule has 0 aromatic heterocycles. The smallest absolute Gasteiger partial charge is 0.313 e. The molecular weight excluding hydrogens is 418 g/mol. The lowest BCUT2D eigenvalue weighted by atomic mass is 9.64. The summed E-state index contributed by atoms with van der Waals surface area (Å²) < 4.78 is 11.3. The first-order valence-electron chi connectivity index (χ1n) is 12.3. The van der Waals surface area contributed by atoms with E-state index in [9.17, 15) is 14.4 Å². The van der Waals surface area contributed by atoms with Crippen LogP contribution in [-0.4, -0.2) is 43.0 Å². The Morgan fingerprint density at radius 1 is 0.879 bits per heavy atom. The van der Waals surface area contributed by atoms with E-state index in [0.717, 1.165) is 6.42 Å². The number of rotatable bonds is 13. The SMILES string of the molecule is CC(COC(C)(C)CC(C)(C)C(C)(C)C)CC(C)C(=O)NCCOC(=O)CC(=O)C(C)(C)C. The van der Waals surface area contributed by atoms with Crippen LogP contribution in [0.2, 0.25) is 0 Å². The third-order valence-electron chi connectivity index (χ3n) is 6.67. The molecule has 0 heterocycles. The van der Waals surface area contributed by atoms with Gasteiger partial charge in [-0.25, -0.2) is 0 Å². The average molecular weight is 470 g/mol. The predicted octanol–water partition coefficient (Wildman–Crippen LogP) is 5.57. The van der Waals surface area contributed by atoms with Gasteiger partial charge in [-0.1, -0.05) is 69.2 Å². The number of carbonyl (C=O) groups excluding carboxylic acids is 3. The van der Waals surface area contributed by atoms with Gasteiger partial charge < -0.3 is 14.8 Å². The van der Waals surface area contributed by atoms with Crippen LogP contribution >= 0.6 is 0 Å². The van der Waals surface area contributed by atoms with Crippen molar-refractivity contribution in [1.29, 1.82) is 0 Å². The molecule has 0 radical (unpaired) electrons. The van der Waals surface area contributed by atoms with Gasteiger partial charge in [-0.15, -0.1) is 0 Å². The van der Waals surface area contributed by atoms with Gasteiger partial charge in [-0.3, -0.25) is 14.4 Å². The molecule has 0 bridgehead atoms. The zero-order valence-electron chi connectivity index (χ0n) is 23.4. The number of nitrogens with one attached hydrogen (secondary N) is 1. The zero-order valence-corrected chi connectivity index (χ0v) is 23.4. The number of hydrogen-bond donors (Lipinski definition) is 1. The molecule has 0 aliphatic rings. The van der Waals surface area contributed by atoms with Crippen LogP contribution in [-0.2, 0) is 23.9 Å². The molecule has 0 aromatic rings. The molecule has 0 saturated heterocycles. The second kappa shape index (κ2) is 12.3. The molecule has 1 amide bonds. The van der Waals surface area contributed by atoms with Crippen LogP contribution in [0.25, 0.3) is 0 Å². The summed E-state index contributed by atoms with van der Waals surface area (Å²) in [7, 11) is 0. The molecule has 0 rings (SSSR count). The van der Waals surface area contributed by atoms with E-state index in [4.69, 9.17) is 9.47 Å². The normalized spacial score (nSPS) is 15.0. The lowest BCUT2D eigenvalue weighted by Crippen LogP contribution is -2.39. The van der Waals surface area contributed by atoms with Gasteiger partial charge in [-0.05, 0) is 43.4 Å². The fourth-order valence-electron chi connectivity index (χ4n) is 3.49. The van der Waals surface area contributed by atoms with Crippen LogP contribution in [0.15, 0.2) is 0 Å². The maximum absolute atomic E-state index is 12.4. The maximum Gasteiger partial charge on any atom is 0.313 e. The summed E-state index contributed by atoms with van der Waals surface area (Å²) in [5.41, 5.74) is -0.491. The third kappa shape index (κ3) is 12.6. The quantitative estimate of drug-likeness (QED) is 0.217. The van der Waals surface area contributed by atoms with E-state index < -0.39 is 11.4 Å². The first kappa shape index (κ1) is 31.6. The van der Waals surface area contributed by atoms with Gasteiger partial charge in [0.15, 0.2) is 0 Å². The van der Waals surface area contributed by atoms with E-state index in [-0.39, 0.29) is 59.5 Å². The van der Waals surface area contributed by atoms with Crippen LogP contribution in [0.3, 0.4) is 0 Å². The minimum absolute atomic E-state index is 0.0606. The van der Waals surface area contributed by atoms with Gasteiger partial charge in [-0.2, -0.15) is 0 Å². The molecular formula is C27H51NO5. The van der Waals surface area contributed by atoms with Crippen molar-refractivity contribution < 1.29 is 23.9 Å². The van der Waals surface area contributed by atoms with Crippen molar-refractivity contribution >= 4 is 17.7 Å². The van der Waals surface area contributed by atoms with Crippen molar-refractivity contribution in [2.75, 3.05) is 19.8 Å². The molecule has 1 N–H and O–H groups in total. The molecule has 2 atom stereocenters. The number of ketones is 1. The Morgan fingerprint density at radius 3 is 1.91 bits per heavy atom. The highest BCUT2D eigenvalue weighted by Crippen LogP contribution is 2.44. The summed E-state index contributed by atoms with van der Waals surface area (Å²) >= 11 is 0. The minimum atomic E-state index is -0.568. The molecule has 0 aliphatic carbocycles. The Kier molecular flexibility index (Phi) is 11.8. The van der Waals surface area contributed by atoms with E-state index in [1.807, 2.05) is 6.92 Å². The highest BCUT2D eigenvalue weighted by atomic mass is 16.5. The first-order chi connectivity index (χ1) is 14.7. The van der Waals surface area contributed by atoms with Gasteiger partial charge in [0, 0.05) is 17.9 Å². The Hall–Kier alpha value is -1.43. The molecule has 194 valence electrons. The van der Waals surface area contributed by atoms with Gasteiger partial charge in [0.1, 0.15) is 18.8 Å². The lowest BCUT2D eigenvalue weighted by Gasteiger charge is -2.44.